The number of ether oxygens (including phenoxy) is 2. The highest BCUT2D eigenvalue weighted by atomic mass is 79.9. The second-order valence-electron chi connectivity index (χ2n) is 3.89. The predicted octanol–water partition coefficient (Wildman–Crippen LogP) is 2.23. The van der Waals surface area contributed by atoms with E-state index in [0.717, 1.165) is 0 Å². The van der Waals surface area contributed by atoms with Crippen LogP contribution in [0.15, 0.2) is 16.6 Å². The van der Waals surface area contributed by atoms with Gasteiger partial charge in [-0.25, -0.2) is 0 Å². The van der Waals surface area contributed by atoms with Gasteiger partial charge in [0.25, 0.3) is 0 Å². The van der Waals surface area contributed by atoms with E-state index in [0.29, 0.717) is 10.0 Å². The first kappa shape index (κ1) is 14.9. The highest BCUT2D eigenvalue weighted by molar-refractivity contribution is 9.10. The van der Waals surface area contributed by atoms with E-state index < -0.39 is 4.92 Å². The predicted molar refractivity (Wildman–Crippen MR) is 76.4 cm³/mol. The standard InChI is InChI=1S/C11H10BrN5O4/c1-5-3-6(12)4-7(17(18)19)8(5)21-11-15-9(13)14-10(16-11)20-2/h3-4H,1-2H3,(H2,13,14,15,16). The van der Waals surface area contributed by atoms with Crippen molar-refractivity contribution < 1.29 is 14.4 Å². The van der Waals surface area contributed by atoms with Crippen molar-refractivity contribution in [3.63, 3.8) is 0 Å². The van der Waals surface area contributed by atoms with Gasteiger partial charge in [-0.2, -0.15) is 9.97 Å². The summed E-state index contributed by atoms with van der Waals surface area (Å²) in [5, 5.41) is 11.1. The summed E-state index contributed by atoms with van der Waals surface area (Å²) in [7, 11) is 1.35. The zero-order valence-corrected chi connectivity index (χ0v) is 12.6. The van der Waals surface area contributed by atoms with Crippen LogP contribution in [0.2, 0.25) is 0 Å². The van der Waals surface area contributed by atoms with Crippen molar-refractivity contribution >= 4 is 27.6 Å². The number of aromatic nitrogens is 3. The largest absolute Gasteiger partial charge is 0.467 e. The molecule has 9 nitrogen and oxygen atoms in total. The smallest absolute Gasteiger partial charge is 0.330 e. The Hall–Kier alpha value is -2.49. The number of benzene rings is 1. The second kappa shape index (κ2) is 5.87. The van der Waals surface area contributed by atoms with Crippen molar-refractivity contribution in [2.45, 2.75) is 6.92 Å². The van der Waals surface area contributed by atoms with Crippen LogP contribution in [-0.4, -0.2) is 27.0 Å². The van der Waals surface area contributed by atoms with Gasteiger partial charge in [-0.1, -0.05) is 15.9 Å². The Bertz CT molecular complexity index is 709. The molecular weight excluding hydrogens is 346 g/mol. The summed E-state index contributed by atoms with van der Waals surface area (Å²) < 4.78 is 10.8. The highest BCUT2D eigenvalue weighted by Gasteiger charge is 2.21. The molecule has 0 radical (unpaired) electrons. The zero-order chi connectivity index (χ0) is 15.6. The van der Waals surface area contributed by atoms with E-state index in [2.05, 4.69) is 30.9 Å². The van der Waals surface area contributed by atoms with Crippen LogP contribution in [0.5, 0.6) is 17.8 Å². The average molecular weight is 356 g/mol. The van der Waals surface area contributed by atoms with Crippen LogP contribution < -0.4 is 15.2 Å². The van der Waals surface area contributed by atoms with E-state index in [1.165, 1.54) is 13.2 Å². The molecule has 2 rings (SSSR count). The Labute approximate surface area is 127 Å². The molecule has 0 saturated carbocycles. The van der Waals surface area contributed by atoms with Gasteiger partial charge >= 0.3 is 17.7 Å². The number of rotatable bonds is 4. The van der Waals surface area contributed by atoms with E-state index in [9.17, 15) is 10.1 Å². The number of nitrogen functional groups attached to an aromatic ring is 1. The van der Waals surface area contributed by atoms with Crippen molar-refractivity contribution in [3.05, 3.63) is 32.3 Å². The minimum atomic E-state index is -0.561. The summed E-state index contributed by atoms with van der Waals surface area (Å²) in [6, 6.07) is 2.76. The van der Waals surface area contributed by atoms with Crippen LogP contribution in [0, 0.1) is 17.0 Å². The molecular formula is C11H10BrN5O4. The fraction of sp³-hybridized carbons (Fsp3) is 0.182. The molecule has 0 bridgehead atoms. The number of nitrogens with two attached hydrogens (primary N) is 1. The molecule has 1 aromatic heterocycles. The molecule has 1 heterocycles. The minimum absolute atomic E-state index is 0.0239. The molecule has 0 saturated heterocycles. The third-order valence-electron chi connectivity index (χ3n) is 2.40. The Morgan fingerprint density at radius 2 is 1.95 bits per heavy atom. The van der Waals surface area contributed by atoms with E-state index >= 15 is 0 Å². The Kier molecular flexibility index (Phi) is 4.17. The van der Waals surface area contributed by atoms with E-state index in [1.54, 1.807) is 13.0 Å². The van der Waals surface area contributed by atoms with Gasteiger partial charge in [0.05, 0.1) is 12.0 Å². The molecule has 0 fully saturated rings. The van der Waals surface area contributed by atoms with Crippen LogP contribution in [0.4, 0.5) is 11.6 Å². The number of halogens is 1. The van der Waals surface area contributed by atoms with Crippen LogP contribution in [0.1, 0.15) is 5.56 Å². The molecule has 2 N–H and O–H groups in total. The number of anilines is 1. The topological polar surface area (TPSA) is 126 Å². The number of aryl methyl sites for hydroxylation is 1. The molecule has 10 heteroatoms. The lowest BCUT2D eigenvalue weighted by Gasteiger charge is -2.09. The SMILES string of the molecule is COc1nc(N)nc(Oc2c(C)cc(Br)cc2[N+](=O)[O-])n1. The summed E-state index contributed by atoms with van der Waals surface area (Å²) >= 11 is 3.19. The van der Waals surface area contributed by atoms with Gasteiger partial charge in [-0.3, -0.25) is 10.1 Å². The Morgan fingerprint density at radius 3 is 2.57 bits per heavy atom. The minimum Gasteiger partial charge on any atom is -0.467 e. The molecule has 21 heavy (non-hydrogen) atoms. The summed E-state index contributed by atoms with van der Waals surface area (Å²) in [6.45, 7) is 1.66. The van der Waals surface area contributed by atoms with Crippen molar-refractivity contribution in [2.24, 2.45) is 0 Å². The van der Waals surface area contributed by atoms with Gasteiger partial charge in [0.2, 0.25) is 11.7 Å². The zero-order valence-electron chi connectivity index (χ0n) is 11.0. The first-order chi connectivity index (χ1) is 9.90. The highest BCUT2D eigenvalue weighted by Crippen LogP contribution is 2.36. The van der Waals surface area contributed by atoms with Crippen LogP contribution in [0.25, 0.3) is 0 Å². The van der Waals surface area contributed by atoms with Crippen molar-refractivity contribution in [2.75, 3.05) is 12.8 Å². The Balaban J connectivity index is 2.48. The first-order valence-electron chi connectivity index (χ1n) is 5.58. The summed E-state index contributed by atoms with van der Waals surface area (Å²) in [5.74, 6) is -0.0925. The fourth-order valence-corrected chi connectivity index (χ4v) is 2.12. The molecule has 2 aromatic rings. The summed E-state index contributed by atoms with van der Waals surface area (Å²) in [6.07, 6.45) is 0. The maximum atomic E-state index is 11.1. The average Bonchev–Trinajstić information content (AvgIpc) is 2.40. The van der Waals surface area contributed by atoms with Crippen molar-refractivity contribution in [3.8, 4) is 17.8 Å². The van der Waals surface area contributed by atoms with Gasteiger partial charge in [0.1, 0.15) is 0 Å². The Morgan fingerprint density at radius 1 is 1.29 bits per heavy atom. The van der Waals surface area contributed by atoms with Gasteiger partial charge in [0.15, 0.2) is 0 Å². The molecule has 110 valence electrons. The molecule has 0 unspecified atom stereocenters. The molecule has 0 aliphatic heterocycles. The number of methoxy groups -OCH3 is 1. The quantitative estimate of drug-likeness (QED) is 0.653. The maximum absolute atomic E-state index is 11.1. The van der Waals surface area contributed by atoms with Gasteiger partial charge in [-0.05, 0) is 13.0 Å². The molecule has 0 spiro atoms. The summed E-state index contributed by atoms with van der Waals surface area (Å²) in [5.41, 5.74) is 5.80. The molecule has 0 amide bonds. The first-order valence-corrected chi connectivity index (χ1v) is 6.38. The second-order valence-corrected chi connectivity index (χ2v) is 4.81. The van der Waals surface area contributed by atoms with Crippen LogP contribution >= 0.6 is 15.9 Å². The number of hydrogen-bond acceptors (Lipinski definition) is 8. The lowest BCUT2D eigenvalue weighted by Crippen LogP contribution is -2.04. The third kappa shape index (κ3) is 3.34. The van der Waals surface area contributed by atoms with Crippen molar-refractivity contribution in [1.29, 1.82) is 0 Å². The van der Waals surface area contributed by atoms with Gasteiger partial charge in [-0.15, -0.1) is 4.98 Å². The fourth-order valence-electron chi connectivity index (χ4n) is 1.56. The maximum Gasteiger partial charge on any atom is 0.330 e. The molecule has 0 aliphatic rings. The normalized spacial score (nSPS) is 10.2. The monoisotopic (exact) mass is 355 g/mol. The third-order valence-corrected chi connectivity index (χ3v) is 2.86. The molecule has 0 aliphatic carbocycles. The lowest BCUT2D eigenvalue weighted by atomic mass is 10.2. The van der Waals surface area contributed by atoms with Crippen LogP contribution in [-0.2, 0) is 0 Å². The number of nitro benzene ring substituents is 1. The van der Waals surface area contributed by atoms with Crippen LogP contribution in [0.3, 0.4) is 0 Å². The van der Waals surface area contributed by atoms with Gasteiger partial charge in [0, 0.05) is 16.1 Å². The van der Waals surface area contributed by atoms with Gasteiger partial charge < -0.3 is 15.2 Å². The molecule has 1 aromatic carbocycles. The van der Waals surface area contributed by atoms with Crippen molar-refractivity contribution in [1.82, 2.24) is 15.0 Å². The molecule has 0 atom stereocenters. The lowest BCUT2D eigenvalue weighted by molar-refractivity contribution is -0.385. The number of nitrogens with zero attached hydrogens (tertiary/aromatic N) is 4. The van der Waals surface area contributed by atoms with E-state index in [-0.39, 0.29) is 29.4 Å². The van der Waals surface area contributed by atoms with E-state index in [4.69, 9.17) is 15.2 Å². The number of nitro groups is 1. The summed E-state index contributed by atoms with van der Waals surface area (Å²) in [4.78, 5) is 21.8. The van der Waals surface area contributed by atoms with E-state index in [1.807, 2.05) is 0 Å². The number of hydrogen-bond donors (Lipinski definition) is 1.